The van der Waals surface area contributed by atoms with Crippen LogP contribution >= 0.6 is 0 Å². The van der Waals surface area contributed by atoms with E-state index in [-0.39, 0.29) is 17.6 Å². The molecule has 1 saturated heterocycles. The van der Waals surface area contributed by atoms with Crippen molar-refractivity contribution < 1.29 is 14.6 Å². The average Bonchev–Trinajstić information content (AvgIpc) is 2.39. The van der Waals surface area contributed by atoms with Gasteiger partial charge in [-0.05, 0) is 31.6 Å². The second-order valence-electron chi connectivity index (χ2n) is 5.13. The number of hydrogen-bond donors (Lipinski definition) is 1. The molecule has 0 radical (unpaired) electrons. The summed E-state index contributed by atoms with van der Waals surface area (Å²) in [4.78, 5) is 12.1. The minimum Gasteiger partial charge on any atom is -0.385 e. The van der Waals surface area contributed by atoms with Crippen LogP contribution in [0.2, 0.25) is 0 Å². The normalized spacial score (nSPS) is 26.6. The van der Waals surface area contributed by atoms with Gasteiger partial charge in [0.25, 0.3) is 0 Å². The first-order chi connectivity index (χ1) is 7.79. The number of carbonyl (C=O) groups excluding carboxylic acids is 1. The van der Waals surface area contributed by atoms with E-state index in [9.17, 15) is 9.90 Å². The first kappa shape index (κ1) is 12.1. The molecule has 16 heavy (non-hydrogen) atoms. The highest BCUT2D eigenvalue weighted by Crippen LogP contribution is 2.29. The summed E-state index contributed by atoms with van der Waals surface area (Å²) < 4.78 is 5.24. The molecule has 1 N–H and O–H groups in total. The van der Waals surface area contributed by atoms with Crippen molar-refractivity contribution in [3.8, 4) is 0 Å². The van der Waals surface area contributed by atoms with Crippen LogP contribution in [0.15, 0.2) is 0 Å². The molecule has 0 bridgehead atoms. The van der Waals surface area contributed by atoms with Crippen LogP contribution in [0.25, 0.3) is 0 Å². The summed E-state index contributed by atoms with van der Waals surface area (Å²) >= 11 is 0. The van der Waals surface area contributed by atoms with Gasteiger partial charge in [-0.25, -0.2) is 0 Å². The highest BCUT2D eigenvalue weighted by Gasteiger charge is 2.32. The van der Waals surface area contributed by atoms with E-state index in [2.05, 4.69) is 0 Å². The van der Waals surface area contributed by atoms with Crippen LogP contribution in [-0.2, 0) is 9.53 Å². The fourth-order valence-electron chi connectivity index (χ4n) is 2.91. The molecule has 1 saturated carbocycles. The Bertz CT molecular complexity index is 227. The van der Waals surface area contributed by atoms with Crippen LogP contribution in [0.4, 0.5) is 0 Å². The molecular formula is C13H22O3. The van der Waals surface area contributed by atoms with Crippen LogP contribution in [0.5, 0.6) is 0 Å². The Kier molecular flexibility index (Phi) is 4.36. The second-order valence-corrected chi connectivity index (χ2v) is 5.13. The van der Waals surface area contributed by atoms with Crippen LogP contribution in [0.1, 0.15) is 44.9 Å². The summed E-state index contributed by atoms with van der Waals surface area (Å²) in [5, 5.41) is 10.1. The number of Topliss-reactive ketones (excluding diaryl/α,β-unsaturated/α-hetero) is 1. The molecule has 1 heterocycles. The van der Waals surface area contributed by atoms with Gasteiger partial charge in [0, 0.05) is 19.1 Å². The third kappa shape index (κ3) is 2.83. The van der Waals surface area contributed by atoms with E-state index in [1.807, 2.05) is 0 Å². The van der Waals surface area contributed by atoms with Crippen molar-refractivity contribution in [2.75, 3.05) is 13.2 Å². The summed E-state index contributed by atoms with van der Waals surface area (Å²) in [6, 6.07) is 0. The van der Waals surface area contributed by atoms with Gasteiger partial charge >= 0.3 is 0 Å². The summed E-state index contributed by atoms with van der Waals surface area (Å²) in [5.74, 6) is 0.352. The maximum atomic E-state index is 12.1. The van der Waals surface area contributed by atoms with Gasteiger partial charge in [-0.15, -0.1) is 0 Å². The lowest BCUT2D eigenvalue weighted by atomic mass is 9.80. The fraction of sp³-hybridized carbons (Fsp3) is 0.923. The van der Waals surface area contributed by atoms with Crippen molar-refractivity contribution in [1.29, 1.82) is 0 Å². The average molecular weight is 226 g/mol. The van der Waals surface area contributed by atoms with Gasteiger partial charge in [0.05, 0.1) is 0 Å². The van der Waals surface area contributed by atoms with E-state index in [0.29, 0.717) is 13.2 Å². The second kappa shape index (κ2) is 5.78. The van der Waals surface area contributed by atoms with Gasteiger partial charge < -0.3 is 9.84 Å². The lowest BCUT2D eigenvalue weighted by Crippen LogP contribution is -2.37. The maximum Gasteiger partial charge on any atom is 0.164 e. The van der Waals surface area contributed by atoms with Crippen LogP contribution in [-0.4, -0.2) is 30.2 Å². The molecule has 0 aromatic carbocycles. The molecule has 2 fully saturated rings. The summed E-state index contributed by atoms with van der Waals surface area (Å²) in [5.41, 5.74) is 0. The smallest absolute Gasteiger partial charge is 0.164 e. The molecule has 0 spiro atoms. The van der Waals surface area contributed by atoms with Crippen molar-refractivity contribution >= 4 is 5.78 Å². The topological polar surface area (TPSA) is 46.5 Å². The number of ketones is 1. The Balaban J connectivity index is 1.86. The maximum absolute atomic E-state index is 12.1. The standard InChI is InChI=1S/C13H22O3/c14-12(10-4-2-1-3-5-10)13(15)11-6-8-16-9-7-11/h10-12,14H,1-9H2. The monoisotopic (exact) mass is 226 g/mol. The number of aliphatic hydroxyl groups is 1. The largest absolute Gasteiger partial charge is 0.385 e. The molecular weight excluding hydrogens is 204 g/mol. The van der Waals surface area contributed by atoms with Crippen molar-refractivity contribution in [2.45, 2.75) is 51.0 Å². The zero-order chi connectivity index (χ0) is 11.4. The highest BCUT2D eigenvalue weighted by molar-refractivity contribution is 5.85. The van der Waals surface area contributed by atoms with E-state index in [4.69, 9.17) is 4.74 Å². The molecule has 2 aliphatic rings. The van der Waals surface area contributed by atoms with Gasteiger partial charge in [-0.3, -0.25) is 4.79 Å². The highest BCUT2D eigenvalue weighted by atomic mass is 16.5. The fourth-order valence-corrected chi connectivity index (χ4v) is 2.91. The molecule has 92 valence electrons. The van der Waals surface area contributed by atoms with Gasteiger partial charge in [0.2, 0.25) is 0 Å². The summed E-state index contributed by atoms with van der Waals surface area (Å²) in [6.45, 7) is 1.35. The Labute approximate surface area is 97.2 Å². The van der Waals surface area contributed by atoms with Gasteiger partial charge in [-0.2, -0.15) is 0 Å². The molecule has 1 atom stereocenters. The molecule has 2 rings (SSSR count). The molecule has 1 unspecified atom stereocenters. The quantitative estimate of drug-likeness (QED) is 0.799. The Morgan fingerprint density at radius 3 is 2.31 bits per heavy atom. The molecule has 0 amide bonds. The number of rotatable bonds is 3. The molecule has 3 heteroatoms. The molecule has 3 nitrogen and oxygen atoms in total. The lowest BCUT2D eigenvalue weighted by molar-refractivity contribution is -0.137. The third-order valence-electron chi connectivity index (χ3n) is 4.01. The van der Waals surface area contributed by atoms with E-state index >= 15 is 0 Å². The molecule has 1 aliphatic heterocycles. The number of ether oxygens (including phenoxy) is 1. The Morgan fingerprint density at radius 2 is 1.69 bits per heavy atom. The minimum atomic E-state index is -0.705. The van der Waals surface area contributed by atoms with Crippen molar-refractivity contribution in [3.63, 3.8) is 0 Å². The van der Waals surface area contributed by atoms with E-state index in [0.717, 1.165) is 25.7 Å². The summed E-state index contributed by atoms with van der Waals surface area (Å²) in [7, 11) is 0. The number of aliphatic hydroxyl groups excluding tert-OH is 1. The molecule has 0 aromatic rings. The van der Waals surface area contributed by atoms with Gasteiger partial charge in [0.1, 0.15) is 6.10 Å². The third-order valence-corrected chi connectivity index (χ3v) is 4.01. The van der Waals surface area contributed by atoms with Crippen LogP contribution < -0.4 is 0 Å². The van der Waals surface area contributed by atoms with E-state index < -0.39 is 6.10 Å². The van der Waals surface area contributed by atoms with Crippen molar-refractivity contribution in [2.24, 2.45) is 11.8 Å². The zero-order valence-corrected chi connectivity index (χ0v) is 9.86. The van der Waals surface area contributed by atoms with Crippen molar-refractivity contribution in [1.82, 2.24) is 0 Å². The van der Waals surface area contributed by atoms with Gasteiger partial charge in [-0.1, -0.05) is 19.3 Å². The summed E-state index contributed by atoms with van der Waals surface area (Å²) in [6.07, 6.45) is 6.53. The zero-order valence-electron chi connectivity index (χ0n) is 9.86. The number of carbonyl (C=O) groups is 1. The van der Waals surface area contributed by atoms with Crippen LogP contribution in [0, 0.1) is 11.8 Å². The van der Waals surface area contributed by atoms with E-state index in [1.54, 1.807) is 0 Å². The molecule has 0 aromatic heterocycles. The lowest BCUT2D eigenvalue weighted by Gasteiger charge is -2.29. The Hall–Kier alpha value is -0.410. The van der Waals surface area contributed by atoms with Crippen molar-refractivity contribution in [3.05, 3.63) is 0 Å². The Morgan fingerprint density at radius 1 is 1.06 bits per heavy atom. The predicted octanol–water partition coefficient (Wildman–Crippen LogP) is 1.92. The first-order valence-corrected chi connectivity index (χ1v) is 6.58. The predicted molar refractivity (Wildman–Crippen MR) is 61.1 cm³/mol. The van der Waals surface area contributed by atoms with Crippen LogP contribution in [0.3, 0.4) is 0 Å². The minimum absolute atomic E-state index is 0.0469. The number of hydrogen-bond acceptors (Lipinski definition) is 3. The van der Waals surface area contributed by atoms with E-state index in [1.165, 1.54) is 19.3 Å². The first-order valence-electron chi connectivity index (χ1n) is 6.58. The van der Waals surface area contributed by atoms with Gasteiger partial charge in [0.15, 0.2) is 5.78 Å². The molecule has 1 aliphatic carbocycles. The SMILES string of the molecule is O=C(C1CCOCC1)C(O)C1CCCCC1.